The van der Waals surface area contributed by atoms with Gasteiger partial charge in [0, 0.05) is 23.5 Å². The van der Waals surface area contributed by atoms with E-state index in [-0.39, 0.29) is 6.15 Å². The molecule has 0 atom stereocenters. The van der Waals surface area contributed by atoms with Crippen LogP contribution in [0.4, 0.5) is 11.6 Å². The average molecular weight is 480 g/mol. The second kappa shape index (κ2) is 11.1. The Morgan fingerprint density at radius 2 is 1.69 bits per heavy atom. The van der Waals surface area contributed by atoms with Gasteiger partial charge in [-0.3, -0.25) is 9.67 Å². The highest BCUT2D eigenvalue weighted by atomic mass is 16.2. The van der Waals surface area contributed by atoms with Crippen molar-refractivity contribution >= 4 is 28.8 Å². The molecule has 180 valence electrons. The molecule has 4 aromatic heterocycles. The summed E-state index contributed by atoms with van der Waals surface area (Å²) in [6, 6.07) is 16.4. The van der Waals surface area contributed by atoms with Crippen LogP contribution in [0.5, 0.6) is 0 Å². The van der Waals surface area contributed by atoms with Gasteiger partial charge in [-0.15, -0.1) is 5.10 Å². The van der Waals surface area contributed by atoms with Crippen molar-refractivity contribution in [1.29, 1.82) is 0 Å². The molecule has 1 aromatic carbocycles. The van der Waals surface area contributed by atoms with Gasteiger partial charge in [-0.2, -0.15) is 19.8 Å². The van der Waals surface area contributed by atoms with Crippen molar-refractivity contribution in [2.45, 2.75) is 33.2 Å². The van der Waals surface area contributed by atoms with Gasteiger partial charge in [-0.05, 0) is 48.2 Å². The number of aryl methyl sites for hydroxylation is 1. The van der Waals surface area contributed by atoms with E-state index in [0.717, 1.165) is 34.3 Å². The molecule has 4 heterocycles. The van der Waals surface area contributed by atoms with E-state index in [1.807, 2.05) is 47.5 Å². The molecule has 0 amide bonds. The number of pyridine rings is 2. The first-order valence-corrected chi connectivity index (χ1v) is 11.4. The lowest BCUT2D eigenvalue weighted by Crippen LogP contribution is -2.00. The van der Waals surface area contributed by atoms with Gasteiger partial charge < -0.3 is 5.32 Å². The molecule has 0 saturated carbocycles. The molecule has 36 heavy (non-hydrogen) atoms. The number of hydrogen-bond donors (Lipinski definition) is 1. The summed E-state index contributed by atoms with van der Waals surface area (Å²) in [6.07, 6.45) is 7.81. The Labute approximate surface area is 208 Å². The Morgan fingerprint density at radius 3 is 2.44 bits per heavy atom. The van der Waals surface area contributed by atoms with E-state index in [9.17, 15) is 0 Å². The fraction of sp³-hybridized carbons (Fsp3) is 0.185. The van der Waals surface area contributed by atoms with Crippen LogP contribution in [0.25, 0.3) is 22.2 Å². The summed E-state index contributed by atoms with van der Waals surface area (Å²) in [6.45, 7) is 7.08. The summed E-state index contributed by atoms with van der Waals surface area (Å²) in [4.78, 5) is 25.6. The zero-order chi connectivity index (χ0) is 25.5. The first-order valence-electron chi connectivity index (χ1n) is 11.4. The van der Waals surface area contributed by atoms with E-state index in [1.54, 1.807) is 6.20 Å². The van der Waals surface area contributed by atoms with Crippen molar-refractivity contribution < 1.29 is 9.59 Å². The molecule has 0 fully saturated rings. The highest BCUT2D eigenvalue weighted by Crippen LogP contribution is 2.24. The van der Waals surface area contributed by atoms with Crippen molar-refractivity contribution in [2.24, 2.45) is 0 Å². The molecule has 0 unspecified atom stereocenters. The van der Waals surface area contributed by atoms with Gasteiger partial charge in [0.2, 0.25) is 0 Å². The number of anilines is 2. The maximum Gasteiger partial charge on any atom is 0.373 e. The molecule has 0 aliphatic heterocycles. The second-order valence-electron chi connectivity index (χ2n) is 8.61. The van der Waals surface area contributed by atoms with E-state index in [1.165, 1.54) is 11.1 Å². The van der Waals surface area contributed by atoms with Crippen LogP contribution in [0.1, 0.15) is 36.5 Å². The number of rotatable bonds is 6. The number of nitrogens with one attached hydrogen (secondary N) is 1. The lowest BCUT2D eigenvalue weighted by atomic mass is 10.1. The van der Waals surface area contributed by atoms with Crippen LogP contribution in [0.15, 0.2) is 73.3 Å². The fourth-order valence-corrected chi connectivity index (χ4v) is 3.60. The molecule has 5 rings (SSSR count). The molecule has 0 bridgehead atoms. The van der Waals surface area contributed by atoms with E-state index >= 15 is 0 Å². The minimum Gasteiger partial charge on any atom is -0.323 e. The average Bonchev–Trinajstić information content (AvgIpc) is 3.34. The number of benzene rings is 1. The quantitative estimate of drug-likeness (QED) is 0.365. The van der Waals surface area contributed by atoms with Crippen LogP contribution in [0.2, 0.25) is 0 Å². The molecule has 0 aliphatic rings. The maximum absolute atomic E-state index is 8.12. The second-order valence-corrected chi connectivity index (χ2v) is 8.61. The molecule has 0 saturated heterocycles. The lowest BCUT2D eigenvalue weighted by Gasteiger charge is -2.09. The molecule has 5 aromatic rings. The minimum absolute atomic E-state index is 0.250. The molecule has 9 heteroatoms. The van der Waals surface area contributed by atoms with Gasteiger partial charge in [-0.25, -0.2) is 4.98 Å². The minimum atomic E-state index is 0.250. The SMILES string of the molecule is Cc1ccc(Cn2cc(-c3cnc4ccc(Nc5cc(C(C)C)cnn5)nc4c3)cn2)cc1.O=C=O. The van der Waals surface area contributed by atoms with Gasteiger partial charge in [-0.1, -0.05) is 43.7 Å². The number of carbonyl (C=O) groups excluding carboxylic acids is 2. The van der Waals surface area contributed by atoms with Crippen LogP contribution in [0.3, 0.4) is 0 Å². The lowest BCUT2D eigenvalue weighted by molar-refractivity contribution is -0.191. The number of fused-ring (bicyclic) bond motifs is 1. The smallest absolute Gasteiger partial charge is 0.323 e. The summed E-state index contributed by atoms with van der Waals surface area (Å²) in [5.41, 5.74) is 7.21. The summed E-state index contributed by atoms with van der Waals surface area (Å²) < 4.78 is 1.94. The molecule has 0 radical (unpaired) electrons. The topological polar surface area (TPSA) is 116 Å². The van der Waals surface area contributed by atoms with Crippen molar-refractivity contribution in [3.8, 4) is 11.1 Å². The van der Waals surface area contributed by atoms with Crippen molar-refractivity contribution in [3.63, 3.8) is 0 Å². The Balaban J connectivity index is 0.000000967. The van der Waals surface area contributed by atoms with Gasteiger partial charge in [0.05, 0.1) is 30.0 Å². The molecule has 0 spiro atoms. The van der Waals surface area contributed by atoms with Crippen molar-refractivity contribution in [3.05, 3.63) is 90.0 Å². The number of aromatic nitrogens is 6. The predicted molar refractivity (Wildman–Crippen MR) is 135 cm³/mol. The van der Waals surface area contributed by atoms with E-state index < -0.39 is 0 Å². The molecule has 9 nitrogen and oxygen atoms in total. The third-order valence-corrected chi connectivity index (χ3v) is 5.57. The summed E-state index contributed by atoms with van der Waals surface area (Å²) in [5.74, 6) is 1.76. The number of nitrogens with zero attached hydrogens (tertiary/aromatic N) is 6. The molecular weight excluding hydrogens is 454 g/mol. The summed E-state index contributed by atoms with van der Waals surface area (Å²) >= 11 is 0. The zero-order valence-electron chi connectivity index (χ0n) is 20.2. The highest BCUT2D eigenvalue weighted by molar-refractivity contribution is 5.81. The summed E-state index contributed by atoms with van der Waals surface area (Å²) in [7, 11) is 0. The molecular formula is C27H25N7O2. The number of hydrogen-bond acceptors (Lipinski definition) is 8. The van der Waals surface area contributed by atoms with Gasteiger partial charge >= 0.3 is 6.15 Å². The zero-order valence-corrected chi connectivity index (χ0v) is 20.2. The van der Waals surface area contributed by atoms with Gasteiger partial charge in [0.25, 0.3) is 0 Å². The fourth-order valence-electron chi connectivity index (χ4n) is 3.60. The normalized spacial score (nSPS) is 10.6. The Morgan fingerprint density at radius 1 is 0.917 bits per heavy atom. The van der Waals surface area contributed by atoms with Crippen LogP contribution in [0, 0.1) is 6.92 Å². The van der Waals surface area contributed by atoms with E-state index in [4.69, 9.17) is 14.6 Å². The highest BCUT2D eigenvalue weighted by Gasteiger charge is 2.08. The predicted octanol–water partition coefficient (Wildman–Crippen LogP) is 4.92. The Bertz CT molecular complexity index is 1500. The maximum atomic E-state index is 8.12. The van der Waals surface area contributed by atoms with Gasteiger partial charge in [0.1, 0.15) is 5.82 Å². The molecule has 1 N–H and O–H groups in total. The monoisotopic (exact) mass is 479 g/mol. The van der Waals surface area contributed by atoms with Crippen LogP contribution in [-0.4, -0.2) is 36.1 Å². The van der Waals surface area contributed by atoms with Gasteiger partial charge in [0.15, 0.2) is 5.82 Å². The largest absolute Gasteiger partial charge is 0.373 e. The third kappa shape index (κ3) is 6.02. The Kier molecular flexibility index (Phi) is 7.53. The first-order chi connectivity index (χ1) is 17.4. The van der Waals surface area contributed by atoms with E-state index in [2.05, 4.69) is 70.6 Å². The Hall–Kier alpha value is -4.75. The first kappa shape index (κ1) is 24.4. The summed E-state index contributed by atoms with van der Waals surface area (Å²) in [5, 5.41) is 16.1. The third-order valence-electron chi connectivity index (χ3n) is 5.57. The standard InChI is InChI=1S/C26H25N7.CO2/c1-17(2)20-11-26(32-28-13-20)31-25-9-8-23-24(30-25)10-21(12-27-23)22-14-29-33(16-22)15-19-6-4-18(3)5-7-19;2-1-3/h4-14,16-17H,15H2,1-3H3,(H,30,31,32);. The molecule has 0 aliphatic carbocycles. The van der Waals surface area contributed by atoms with Crippen molar-refractivity contribution in [2.75, 3.05) is 5.32 Å². The van der Waals surface area contributed by atoms with Crippen LogP contribution < -0.4 is 5.32 Å². The van der Waals surface area contributed by atoms with Crippen LogP contribution in [-0.2, 0) is 16.1 Å². The van der Waals surface area contributed by atoms with E-state index in [0.29, 0.717) is 17.6 Å². The van der Waals surface area contributed by atoms with Crippen LogP contribution >= 0.6 is 0 Å². The van der Waals surface area contributed by atoms with Crippen molar-refractivity contribution in [1.82, 2.24) is 29.9 Å².